The summed E-state index contributed by atoms with van der Waals surface area (Å²) in [6.07, 6.45) is -0.771. The molecule has 166 valence electrons. The number of nitrogens with zero attached hydrogens (tertiary/aromatic N) is 3. The van der Waals surface area contributed by atoms with Crippen molar-refractivity contribution in [3.05, 3.63) is 40.3 Å². The maximum absolute atomic E-state index is 13.8. The first kappa shape index (κ1) is 21.6. The number of halogens is 5. The first-order valence-corrected chi connectivity index (χ1v) is 10.1. The number of carbonyl (C=O) groups is 2. The van der Waals surface area contributed by atoms with Crippen molar-refractivity contribution in [2.45, 2.75) is 37.8 Å². The Morgan fingerprint density at radius 2 is 2.00 bits per heavy atom. The fraction of sp³-hybridized carbons (Fsp3) is 0.450. The number of fused-ring (bicyclic) bond motifs is 1. The molecule has 1 aromatic heterocycles. The monoisotopic (exact) mass is 458 g/mol. The zero-order valence-corrected chi connectivity index (χ0v) is 17.0. The van der Waals surface area contributed by atoms with E-state index < -0.39 is 42.2 Å². The Bertz CT molecular complexity index is 1050. The molecule has 1 aromatic carbocycles. The van der Waals surface area contributed by atoms with E-state index in [0.29, 0.717) is 5.56 Å². The van der Waals surface area contributed by atoms with Gasteiger partial charge in [-0.15, -0.1) is 0 Å². The van der Waals surface area contributed by atoms with Crippen LogP contribution in [0.4, 0.5) is 17.6 Å². The first-order chi connectivity index (χ1) is 14.6. The highest BCUT2D eigenvalue weighted by Gasteiger charge is 2.46. The van der Waals surface area contributed by atoms with Gasteiger partial charge >= 0.3 is 0 Å². The number of primary amides is 1. The molecular weight excluding hydrogens is 440 g/mol. The topological polar surface area (TPSA) is 81.2 Å². The fourth-order valence-electron chi connectivity index (χ4n) is 4.21. The van der Waals surface area contributed by atoms with Gasteiger partial charge < -0.3 is 10.6 Å². The Labute approximate surface area is 179 Å². The molecule has 2 N–H and O–H groups in total. The van der Waals surface area contributed by atoms with Crippen molar-refractivity contribution in [1.29, 1.82) is 0 Å². The van der Waals surface area contributed by atoms with Gasteiger partial charge in [-0.3, -0.25) is 14.3 Å². The maximum atomic E-state index is 13.8. The van der Waals surface area contributed by atoms with Crippen molar-refractivity contribution in [2.24, 2.45) is 11.7 Å². The van der Waals surface area contributed by atoms with Crippen molar-refractivity contribution in [3.8, 4) is 11.3 Å². The summed E-state index contributed by atoms with van der Waals surface area (Å²) in [7, 11) is 0. The van der Waals surface area contributed by atoms with Crippen LogP contribution in [0, 0.1) is 11.7 Å². The summed E-state index contributed by atoms with van der Waals surface area (Å²) in [5, 5.41) is 4.14. The zero-order valence-electron chi connectivity index (χ0n) is 16.3. The van der Waals surface area contributed by atoms with E-state index in [9.17, 15) is 27.2 Å². The van der Waals surface area contributed by atoms with Gasteiger partial charge in [0.25, 0.3) is 5.91 Å². The van der Waals surface area contributed by atoms with E-state index in [-0.39, 0.29) is 54.3 Å². The largest absolute Gasteiger partial charge is 0.365 e. The highest BCUT2D eigenvalue weighted by molar-refractivity contribution is 6.31. The Hall–Kier alpha value is -2.62. The maximum Gasteiger partial charge on any atom is 0.252 e. The Kier molecular flexibility index (Phi) is 5.45. The Morgan fingerprint density at radius 3 is 2.58 bits per heavy atom. The number of carbonyl (C=O) groups excluding carboxylic acids is 2. The van der Waals surface area contributed by atoms with Gasteiger partial charge in [-0.1, -0.05) is 11.6 Å². The molecule has 0 saturated heterocycles. The van der Waals surface area contributed by atoms with Crippen LogP contribution in [0.2, 0.25) is 5.02 Å². The van der Waals surface area contributed by atoms with Crippen LogP contribution in [0.5, 0.6) is 0 Å². The predicted molar refractivity (Wildman–Crippen MR) is 104 cm³/mol. The predicted octanol–water partition coefficient (Wildman–Crippen LogP) is 3.73. The first-order valence-electron chi connectivity index (χ1n) is 9.68. The van der Waals surface area contributed by atoms with Crippen molar-refractivity contribution in [2.75, 3.05) is 13.2 Å². The number of alkyl halides is 3. The molecule has 1 aliphatic heterocycles. The fourth-order valence-corrected chi connectivity index (χ4v) is 4.39. The van der Waals surface area contributed by atoms with Crippen molar-refractivity contribution in [1.82, 2.24) is 14.7 Å². The van der Waals surface area contributed by atoms with Gasteiger partial charge in [0.15, 0.2) is 0 Å². The Morgan fingerprint density at radius 1 is 1.29 bits per heavy atom. The summed E-state index contributed by atoms with van der Waals surface area (Å²) >= 11 is 5.84. The van der Waals surface area contributed by atoms with Crippen molar-refractivity contribution >= 4 is 23.4 Å². The lowest BCUT2D eigenvalue weighted by atomic mass is 9.79. The average Bonchev–Trinajstić information content (AvgIpc) is 3.07. The van der Waals surface area contributed by atoms with E-state index >= 15 is 0 Å². The summed E-state index contributed by atoms with van der Waals surface area (Å²) in [5.41, 5.74) is 6.20. The van der Waals surface area contributed by atoms with E-state index in [2.05, 4.69) is 5.10 Å². The molecule has 0 radical (unpaired) electrons. The molecule has 2 heterocycles. The standard InChI is InChI=1S/C20H19ClF4N4O2/c21-13-4-11(1-2-14(13)23)18-17(19(26)31)15-9-28(8-12(7-22)29(15)27-18)16(30)3-10-5-20(24,25)6-10/h1-2,4,10,12H,3,5-9H2,(H2,26,31)/t12-/m0/s1. The average molecular weight is 459 g/mol. The lowest BCUT2D eigenvalue weighted by molar-refractivity contribution is -0.143. The van der Waals surface area contributed by atoms with Crippen LogP contribution in [0.15, 0.2) is 18.2 Å². The van der Waals surface area contributed by atoms with Gasteiger partial charge in [-0.25, -0.2) is 17.6 Å². The number of aromatic nitrogens is 2. The lowest BCUT2D eigenvalue weighted by Gasteiger charge is -2.37. The molecule has 4 rings (SSSR count). The summed E-state index contributed by atoms with van der Waals surface area (Å²) < 4.78 is 54.8. The van der Waals surface area contributed by atoms with E-state index in [0.717, 1.165) is 6.07 Å². The molecule has 2 aromatic rings. The second kappa shape index (κ2) is 7.81. The number of benzene rings is 1. The van der Waals surface area contributed by atoms with Gasteiger partial charge in [0.1, 0.15) is 18.2 Å². The quantitative estimate of drug-likeness (QED) is 0.693. The van der Waals surface area contributed by atoms with E-state index in [1.54, 1.807) is 0 Å². The molecule has 1 aliphatic carbocycles. The molecular formula is C20H19ClF4N4O2. The van der Waals surface area contributed by atoms with Gasteiger partial charge in [0.2, 0.25) is 11.8 Å². The molecule has 1 fully saturated rings. The normalized spacial score (nSPS) is 20.3. The van der Waals surface area contributed by atoms with Crippen LogP contribution >= 0.6 is 11.6 Å². The second-order valence-electron chi connectivity index (χ2n) is 8.02. The lowest BCUT2D eigenvalue weighted by Crippen LogP contribution is -2.45. The molecule has 0 unspecified atom stereocenters. The third-order valence-electron chi connectivity index (χ3n) is 5.74. The minimum Gasteiger partial charge on any atom is -0.365 e. The number of nitrogens with two attached hydrogens (primary N) is 1. The van der Waals surface area contributed by atoms with Gasteiger partial charge in [-0.05, 0) is 24.1 Å². The smallest absolute Gasteiger partial charge is 0.252 e. The minimum atomic E-state index is -2.74. The van der Waals surface area contributed by atoms with Crippen LogP contribution in [0.25, 0.3) is 11.3 Å². The summed E-state index contributed by atoms with van der Waals surface area (Å²) in [6, 6.07) is 2.88. The third-order valence-corrected chi connectivity index (χ3v) is 6.03. The van der Waals surface area contributed by atoms with Crippen molar-refractivity contribution in [3.63, 3.8) is 0 Å². The molecule has 0 bridgehead atoms. The molecule has 11 heteroatoms. The van der Waals surface area contributed by atoms with Gasteiger partial charge in [-0.2, -0.15) is 5.10 Å². The van der Waals surface area contributed by atoms with Gasteiger partial charge in [0, 0.05) is 31.4 Å². The number of hydrogen-bond donors (Lipinski definition) is 1. The summed E-state index contributed by atoms with van der Waals surface area (Å²) in [5.74, 6) is -5.06. The molecule has 1 saturated carbocycles. The van der Waals surface area contributed by atoms with E-state index in [1.807, 2.05) is 0 Å². The highest BCUT2D eigenvalue weighted by atomic mass is 35.5. The minimum absolute atomic E-state index is 0.0189. The van der Waals surface area contributed by atoms with E-state index in [4.69, 9.17) is 17.3 Å². The number of amides is 2. The zero-order chi connectivity index (χ0) is 22.5. The molecule has 31 heavy (non-hydrogen) atoms. The molecule has 2 aliphatic rings. The third kappa shape index (κ3) is 4.00. The van der Waals surface area contributed by atoms with Crippen LogP contribution in [0.3, 0.4) is 0 Å². The summed E-state index contributed by atoms with van der Waals surface area (Å²) in [4.78, 5) is 26.3. The van der Waals surface area contributed by atoms with Crippen LogP contribution < -0.4 is 5.73 Å². The van der Waals surface area contributed by atoms with Crippen LogP contribution in [-0.2, 0) is 11.3 Å². The van der Waals surface area contributed by atoms with Crippen LogP contribution in [-0.4, -0.2) is 45.6 Å². The SMILES string of the molecule is NC(=O)c1c(-c2ccc(F)c(Cl)c2)nn2c1CN(C(=O)CC1CC(F)(F)C1)C[C@@H]2CF. The number of rotatable bonds is 5. The van der Waals surface area contributed by atoms with E-state index in [1.165, 1.54) is 21.7 Å². The second-order valence-corrected chi connectivity index (χ2v) is 8.43. The number of hydrogen-bond acceptors (Lipinski definition) is 3. The highest BCUT2D eigenvalue weighted by Crippen LogP contribution is 2.44. The van der Waals surface area contributed by atoms with Crippen molar-refractivity contribution < 1.29 is 27.2 Å². The van der Waals surface area contributed by atoms with Crippen LogP contribution in [0.1, 0.15) is 41.4 Å². The molecule has 1 atom stereocenters. The Balaban J connectivity index is 1.67. The molecule has 2 amide bonds. The molecule has 6 nitrogen and oxygen atoms in total. The van der Waals surface area contributed by atoms with Gasteiger partial charge in [0.05, 0.1) is 28.9 Å². The summed E-state index contributed by atoms with van der Waals surface area (Å²) in [6.45, 7) is -0.963. The molecule has 0 spiro atoms.